The quantitative estimate of drug-likeness (QED) is 0.820. The molecule has 21 heavy (non-hydrogen) atoms. The second kappa shape index (κ2) is 7.10. The molecule has 0 fully saturated rings. The van der Waals surface area contributed by atoms with Crippen molar-refractivity contribution in [1.29, 1.82) is 0 Å². The minimum absolute atomic E-state index is 0.755. The van der Waals surface area contributed by atoms with Gasteiger partial charge in [-0.05, 0) is 59.3 Å². The van der Waals surface area contributed by atoms with Crippen LogP contribution in [0.15, 0.2) is 41.1 Å². The highest BCUT2D eigenvalue weighted by Gasteiger charge is 2.20. The van der Waals surface area contributed by atoms with Gasteiger partial charge in [0.2, 0.25) is 0 Å². The van der Waals surface area contributed by atoms with Crippen molar-refractivity contribution in [3.05, 3.63) is 52.2 Å². The van der Waals surface area contributed by atoms with Crippen LogP contribution in [0.5, 0.6) is 0 Å². The average Bonchev–Trinajstić information content (AvgIpc) is 3.00. The zero-order valence-electron chi connectivity index (χ0n) is 12.7. The molecule has 1 unspecified atom stereocenters. The molecule has 0 radical (unpaired) electrons. The largest absolute Gasteiger partial charge is 0.370 e. The minimum Gasteiger partial charge on any atom is -0.370 e. The second-order valence-corrected chi connectivity index (χ2v) is 6.80. The van der Waals surface area contributed by atoms with Gasteiger partial charge in [-0.3, -0.25) is 0 Å². The van der Waals surface area contributed by atoms with Crippen molar-refractivity contribution >= 4 is 17.0 Å². The molecule has 2 aromatic rings. The van der Waals surface area contributed by atoms with E-state index in [2.05, 4.69) is 58.2 Å². The molecule has 3 rings (SSSR count). The zero-order chi connectivity index (χ0) is 14.5. The summed E-state index contributed by atoms with van der Waals surface area (Å²) in [5, 5.41) is 7.97. The van der Waals surface area contributed by atoms with Crippen molar-refractivity contribution in [2.24, 2.45) is 5.92 Å². The first kappa shape index (κ1) is 14.6. The van der Waals surface area contributed by atoms with E-state index in [1.807, 2.05) is 0 Å². The number of hydrogen-bond acceptors (Lipinski definition) is 3. The third kappa shape index (κ3) is 3.86. The van der Waals surface area contributed by atoms with Crippen molar-refractivity contribution in [3.8, 4) is 0 Å². The van der Waals surface area contributed by atoms with Gasteiger partial charge >= 0.3 is 0 Å². The maximum absolute atomic E-state index is 3.58. The van der Waals surface area contributed by atoms with Gasteiger partial charge in [0.25, 0.3) is 0 Å². The minimum atomic E-state index is 0.755. The first-order valence-corrected chi connectivity index (χ1v) is 8.82. The normalized spacial score (nSPS) is 17.8. The Labute approximate surface area is 131 Å². The van der Waals surface area contributed by atoms with Crippen LogP contribution in [0.2, 0.25) is 0 Å². The lowest BCUT2D eigenvalue weighted by Gasteiger charge is -2.35. The molecule has 1 aromatic carbocycles. The maximum atomic E-state index is 3.58. The number of nitrogens with one attached hydrogen (secondary N) is 1. The molecule has 1 aliphatic rings. The van der Waals surface area contributed by atoms with Crippen LogP contribution >= 0.6 is 11.3 Å². The van der Waals surface area contributed by atoms with Gasteiger partial charge in [-0.1, -0.05) is 25.1 Å². The van der Waals surface area contributed by atoms with E-state index in [4.69, 9.17) is 0 Å². The third-order valence-corrected chi connectivity index (χ3v) is 4.89. The molecule has 2 heterocycles. The Morgan fingerprint density at radius 2 is 2.14 bits per heavy atom. The van der Waals surface area contributed by atoms with Crippen LogP contribution in [0.3, 0.4) is 0 Å². The number of nitrogens with zero attached hydrogens (tertiary/aromatic N) is 1. The lowest BCUT2D eigenvalue weighted by atomic mass is 9.94. The summed E-state index contributed by atoms with van der Waals surface area (Å²) in [5.41, 5.74) is 4.40. The Hall–Kier alpha value is -1.32. The maximum Gasteiger partial charge on any atom is 0.0399 e. The molecule has 0 aliphatic carbocycles. The summed E-state index contributed by atoms with van der Waals surface area (Å²) in [6, 6.07) is 11.1. The van der Waals surface area contributed by atoms with Crippen LogP contribution < -0.4 is 10.2 Å². The fourth-order valence-corrected chi connectivity index (χ4v) is 3.83. The second-order valence-electron chi connectivity index (χ2n) is 6.02. The van der Waals surface area contributed by atoms with Gasteiger partial charge in [0, 0.05) is 25.3 Å². The number of rotatable bonds is 6. The SMILES string of the molecule is CC1Cc2ccccc2N(CCNCCc2ccsc2)C1. The molecular formula is C18H24N2S. The van der Waals surface area contributed by atoms with E-state index >= 15 is 0 Å². The van der Waals surface area contributed by atoms with Crippen LogP contribution in [0.25, 0.3) is 0 Å². The molecular weight excluding hydrogens is 276 g/mol. The Kier molecular flexibility index (Phi) is 4.94. The third-order valence-electron chi connectivity index (χ3n) is 4.16. The summed E-state index contributed by atoms with van der Waals surface area (Å²) >= 11 is 1.78. The molecule has 0 spiro atoms. The van der Waals surface area contributed by atoms with Gasteiger partial charge in [-0.2, -0.15) is 11.3 Å². The molecule has 0 bridgehead atoms. The van der Waals surface area contributed by atoms with Crippen LogP contribution in [0.1, 0.15) is 18.1 Å². The number of thiophene rings is 1. The van der Waals surface area contributed by atoms with Crippen LogP contribution in [-0.4, -0.2) is 26.2 Å². The van der Waals surface area contributed by atoms with E-state index in [-0.39, 0.29) is 0 Å². The molecule has 2 nitrogen and oxygen atoms in total. The molecule has 1 aromatic heterocycles. The first-order chi connectivity index (χ1) is 10.3. The van der Waals surface area contributed by atoms with E-state index in [1.165, 1.54) is 29.8 Å². The summed E-state index contributed by atoms with van der Waals surface area (Å²) in [5.74, 6) is 0.755. The highest BCUT2D eigenvalue weighted by molar-refractivity contribution is 7.07. The lowest BCUT2D eigenvalue weighted by molar-refractivity contribution is 0.523. The molecule has 1 atom stereocenters. The summed E-state index contributed by atoms with van der Waals surface area (Å²) < 4.78 is 0. The first-order valence-electron chi connectivity index (χ1n) is 7.87. The number of benzene rings is 1. The molecule has 112 valence electrons. The number of fused-ring (bicyclic) bond motifs is 1. The Balaban J connectivity index is 1.47. The smallest absolute Gasteiger partial charge is 0.0399 e. The van der Waals surface area contributed by atoms with Crippen LogP contribution in [0, 0.1) is 5.92 Å². The van der Waals surface area contributed by atoms with Crippen molar-refractivity contribution in [2.75, 3.05) is 31.1 Å². The molecule has 3 heteroatoms. The van der Waals surface area contributed by atoms with Crippen molar-refractivity contribution in [1.82, 2.24) is 5.32 Å². The van der Waals surface area contributed by atoms with E-state index in [0.29, 0.717) is 0 Å². The van der Waals surface area contributed by atoms with Crippen molar-refractivity contribution in [2.45, 2.75) is 19.8 Å². The van der Waals surface area contributed by atoms with Gasteiger partial charge in [-0.25, -0.2) is 0 Å². The van der Waals surface area contributed by atoms with E-state index in [1.54, 1.807) is 11.3 Å². The lowest BCUT2D eigenvalue weighted by Crippen LogP contribution is -2.39. The monoisotopic (exact) mass is 300 g/mol. The van der Waals surface area contributed by atoms with Gasteiger partial charge in [0.1, 0.15) is 0 Å². The average molecular weight is 300 g/mol. The van der Waals surface area contributed by atoms with E-state index in [0.717, 1.165) is 32.0 Å². The molecule has 0 amide bonds. The summed E-state index contributed by atoms with van der Waals surface area (Å²) in [7, 11) is 0. The zero-order valence-corrected chi connectivity index (χ0v) is 13.5. The fourth-order valence-electron chi connectivity index (χ4n) is 3.12. The van der Waals surface area contributed by atoms with Crippen LogP contribution in [0.4, 0.5) is 5.69 Å². The molecule has 0 saturated heterocycles. The molecule has 1 aliphatic heterocycles. The summed E-state index contributed by atoms with van der Waals surface area (Å²) in [4.78, 5) is 2.54. The number of anilines is 1. The van der Waals surface area contributed by atoms with Gasteiger partial charge in [0.15, 0.2) is 0 Å². The van der Waals surface area contributed by atoms with Gasteiger partial charge in [0.05, 0.1) is 0 Å². The Morgan fingerprint density at radius 3 is 3.00 bits per heavy atom. The van der Waals surface area contributed by atoms with Crippen molar-refractivity contribution in [3.63, 3.8) is 0 Å². The van der Waals surface area contributed by atoms with Gasteiger partial charge in [-0.15, -0.1) is 0 Å². The predicted octanol–water partition coefficient (Wildman–Crippen LogP) is 3.58. The van der Waals surface area contributed by atoms with Gasteiger partial charge < -0.3 is 10.2 Å². The number of hydrogen-bond donors (Lipinski definition) is 1. The Bertz CT molecular complexity index is 550. The van der Waals surface area contributed by atoms with Crippen LogP contribution in [-0.2, 0) is 12.8 Å². The van der Waals surface area contributed by atoms with Crippen molar-refractivity contribution < 1.29 is 0 Å². The van der Waals surface area contributed by atoms with E-state index < -0.39 is 0 Å². The predicted molar refractivity (Wildman–Crippen MR) is 92.4 cm³/mol. The topological polar surface area (TPSA) is 15.3 Å². The fraction of sp³-hybridized carbons (Fsp3) is 0.444. The summed E-state index contributed by atoms with van der Waals surface area (Å²) in [6.45, 7) is 6.77. The number of para-hydroxylation sites is 1. The summed E-state index contributed by atoms with van der Waals surface area (Å²) in [6.07, 6.45) is 2.36. The Morgan fingerprint density at radius 1 is 1.24 bits per heavy atom. The highest BCUT2D eigenvalue weighted by Crippen LogP contribution is 2.28. The highest BCUT2D eigenvalue weighted by atomic mass is 32.1. The van der Waals surface area contributed by atoms with E-state index in [9.17, 15) is 0 Å². The standard InChI is InChI=1S/C18H24N2S/c1-15-12-17-4-2-3-5-18(17)20(13-15)10-9-19-8-6-16-7-11-21-14-16/h2-5,7,11,14-15,19H,6,8-10,12-13H2,1H3. The molecule has 0 saturated carbocycles. The molecule has 1 N–H and O–H groups in total.